The van der Waals surface area contributed by atoms with E-state index < -0.39 is 0 Å². The Labute approximate surface area is 118 Å². The van der Waals surface area contributed by atoms with Gasteiger partial charge in [-0.3, -0.25) is 0 Å². The summed E-state index contributed by atoms with van der Waals surface area (Å²) >= 11 is 0. The van der Waals surface area contributed by atoms with Crippen LogP contribution in [-0.2, 0) is 6.54 Å². The maximum Gasteiger partial charge on any atom is 0.121 e. The maximum absolute atomic E-state index is 5.29. The highest BCUT2D eigenvalue weighted by atomic mass is 16.5. The molecule has 0 aliphatic carbocycles. The number of likely N-dealkylation sites (N-methyl/N-ethyl adjacent to an activating group) is 1. The van der Waals surface area contributed by atoms with Crippen molar-refractivity contribution in [3.63, 3.8) is 0 Å². The third-order valence-electron chi connectivity index (χ3n) is 3.39. The van der Waals surface area contributed by atoms with Gasteiger partial charge in [0.05, 0.1) is 7.11 Å². The second kappa shape index (κ2) is 7.51. The number of rotatable bonds is 7. The van der Waals surface area contributed by atoms with Crippen molar-refractivity contribution in [2.24, 2.45) is 5.92 Å². The maximum atomic E-state index is 5.29. The third kappa shape index (κ3) is 5.21. The third-order valence-corrected chi connectivity index (χ3v) is 3.39. The molecule has 3 nitrogen and oxygen atoms in total. The van der Waals surface area contributed by atoms with Gasteiger partial charge >= 0.3 is 0 Å². The van der Waals surface area contributed by atoms with Gasteiger partial charge in [-0.1, -0.05) is 26.0 Å². The highest BCUT2D eigenvalue weighted by molar-refractivity contribution is 5.36. The van der Waals surface area contributed by atoms with Gasteiger partial charge in [-0.2, -0.15) is 0 Å². The molecule has 1 rings (SSSR count). The first kappa shape index (κ1) is 16.0. The molecule has 1 unspecified atom stereocenters. The number of methoxy groups -OCH3 is 1. The van der Waals surface area contributed by atoms with E-state index in [2.05, 4.69) is 57.2 Å². The number of hydrogen-bond acceptors (Lipinski definition) is 3. The number of nitrogens with zero attached hydrogens (tertiary/aromatic N) is 1. The Kier molecular flexibility index (Phi) is 6.32. The van der Waals surface area contributed by atoms with Crippen LogP contribution in [0.5, 0.6) is 5.75 Å². The number of ether oxygens (including phenoxy) is 1. The van der Waals surface area contributed by atoms with E-state index in [0.29, 0.717) is 12.0 Å². The standard InChI is InChI=1S/C16H28N2O/c1-12(2)15(11-18(4)5)17-10-14-7-8-16(19-6)13(3)9-14/h7-9,12,15,17H,10-11H2,1-6H3. The van der Waals surface area contributed by atoms with Crippen LogP contribution in [-0.4, -0.2) is 38.7 Å². The summed E-state index contributed by atoms with van der Waals surface area (Å²) in [6, 6.07) is 6.88. The van der Waals surface area contributed by atoms with Crippen molar-refractivity contribution in [3.05, 3.63) is 29.3 Å². The van der Waals surface area contributed by atoms with Crippen molar-refractivity contribution in [3.8, 4) is 5.75 Å². The van der Waals surface area contributed by atoms with Gasteiger partial charge in [0.25, 0.3) is 0 Å². The van der Waals surface area contributed by atoms with E-state index in [1.807, 2.05) is 6.07 Å². The molecule has 1 aromatic rings. The van der Waals surface area contributed by atoms with Gasteiger partial charge in [0.15, 0.2) is 0 Å². The van der Waals surface area contributed by atoms with E-state index in [1.54, 1.807) is 7.11 Å². The van der Waals surface area contributed by atoms with Gasteiger partial charge in [-0.05, 0) is 44.1 Å². The van der Waals surface area contributed by atoms with Crippen molar-refractivity contribution in [1.82, 2.24) is 10.2 Å². The smallest absolute Gasteiger partial charge is 0.121 e. The molecule has 0 fully saturated rings. The first-order valence-electron chi connectivity index (χ1n) is 6.95. The van der Waals surface area contributed by atoms with Crippen LogP contribution < -0.4 is 10.1 Å². The normalized spacial score (nSPS) is 13.1. The van der Waals surface area contributed by atoms with Crippen LogP contribution in [0.3, 0.4) is 0 Å². The van der Waals surface area contributed by atoms with Gasteiger partial charge in [-0.15, -0.1) is 0 Å². The lowest BCUT2D eigenvalue weighted by Gasteiger charge is -2.26. The molecule has 0 aliphatic rings. The first-order valence-corrected chi connectivity index (χ1v) is 6.95. The number of aryl methyl sites for hydroxylation is 1. The van der Waals surface area contributed by atoms with E-state index in [-0.39, 0.29) is 0 Å². The van der Waals surface area contributed by atoms with Crippen molar-refractivity contribution in [1.29, 1.82) is 0 Å². The summed E-state index contributed by atoms with van der Waals surface area (Å²) in [5.74, 6) is 1.58. The minimum atomic E-state index is 0.511. The second-order valence-electron chi connectivity index (χ2n) is 5.80. The fourth-order valence-corrected chi connectivity index (χ4v) is 2.20. The molecular formula is C16H28N2O. The zero-order valence-corrected chi connectivity index (χ0v) is 13.2. The van der Waals surface area contributed by atoms with E-state index in [9.17, 15) is 0 Å². The lowest BCUT2D eigenvalue weighted by Crippen LogP contribution is -2.41. The van der Waals surface area contributed by atoms with E-state index in [0.717, 1.165) is 18.8 Å². The fraction of sp³-hybridized carbons (Fsp3) is 0.625. The lowest BCUT2D eigenvalue weighted by atomic mass is 10.0. The second-order valence-corrected chi connectivity index (χ2v) is 5.80. The van der Waals surface area contributed by atoms with Gasteiger partial charge < -0.3 is 15.0 Å². The average Bonchev–Trinajstić information content (AvgIpc) is 2.34. The molecule has 0 saturated heterocycles. The van der Waals surface area contributed by atoms with Crippen LogP contribution in [0.2, 0.25) is 0 Å². The molecule has 1 aromatic carbocycles. The molecule has 0 heterocycles. The van der Waals surface area contributed by atoms with Gasteiger partial charge in [-0.25, -0.2) is 0 Å². The quantitative estimate of drug-likeness (QED) is 0.819. The van der Waals surface area contributed by atoms with Gasteiger partial charge in [0, 0.05) is 19.1 Å². The summed E-state index contributed by atoms with van der Waals surface area (Å²) in [6.45, 7) is 8.58. The molecular weight excluding hydrogens is 236 g/mol. The highest BCUT2D eigenvalue weighted by Gasteiger charge is 2.13. The Morgan fingerprint density at radius 3 is 2.42 bits per heavy atom. The molecule has 108 valence electrons. The van der Waals surface area contributed by atoms with Gasteiger partial charge in [0.2, 0.25) is 0 Å². The van der Waals surface area contributed by atoms with Crippen LogP contribution in [0.25, 0.3) is 0 Å². The lowest BCUT2D eigenvalue weighted by molar-refractivity contribution is 0.288. The van der Waals surface area contributed by atoms with Crippen LogP contribution in [0.4, 0.5) is 0 Å². The predicted octanol–water partition coefficient (Wildman–Crippen LogP) is 2.68. The summed E-state index contributed by atoms with van der Waals surface area (Å²) in [6.07, 6.45) is 0. The summed E-state index contributed by atoms with van der Waals surface area (Å²) in [5.41, 5.74) is 2.50. The molecule has 0 saturated carbocycles. The molecule has 0 radical (unpaired) electrons. The molecule has 3 heteroatoms. The van der Waals surface area contributed by atoms with Crippen molar-refractivity contribution >= 4 is 0 Å². The fourth-order valence-electron chi connectivity index (χ4n) is 2.20. The molecule has 0 bridgehead atoms. The SMILES string of the molecule is COc1ccc(CNC(CN(C)C)C(C)C)cc1C. The molecule has 19 heavy (non-hydrogen) atoms. The predicted molar refractivity (Wildman–Crippen MR) is 81.8 cm³/mol. The van der Waals surface area contributed by atoms with Crippen molar-refractivity contribution in [2.45, 2.75) is 33.4 Å². The van der Waals surface area contributed by atoms with Crippen LogP contribution in [0.1, 0.15) is 25.0 Å². The van der Waals surface area contributed by atoms with Crippen molar-refractivity contribution < 1.29 is 4.74 Å². The molecule has 0 aliphatic heterocycles. The summed E-state index contributed by atoms with van der Waals surface area (Å²) < 4.78 is 5.29. The van der Waals surface area contributed by atoms with Crippen molar-refractivity contribution in [2.75, 3.05) is 27.7 Å². The molecule has 0 spiro atoms. The Morgan fingerprint density at radius 1 is 1.26 bits per heavy atom. The first-order chi connectivity index (χ1) is 8.93. The molecule has 1 atom stereocenters. The number of nitrogens with one attached hydrogen (secondary N) is 1. The average molecular weight is 264 g/mol. The molecule has 0 amide bonds. The molecule has 1 N–H and O–H groups in total. The summed E-state index contributed by atoms with van der Waals surface area (Å²) in [5, 5.41) is 3.65. The Balaban J connectivity index is 2.61. The number of benzene rings is 1. The Morgan fingerprint density at radius 2 is 1.95 bits per heavy atom. The summed E-state index contributed by atoms with van der Waals surface area (Å²) in [4.78, 5) is 2.23. The minimum absolute atomic E-state index is 0.511. The molecule has 0 aromatic heterocycles. The zero-order valence-electron chi connectivity index (χ0n) is 13.2. The van der Waals surface area contributed by atoms with Crippen LogP contribution in [0, 0.1) is 12.8 Å². The topological polar surface area (TPSA) is 24.5 Å². The van der Waals surface area contributed by atoms with Gasteiger partial charge in [0.1, 0.15) is 5.75 Å². The highest BCUT2D eigenvalue weighted by Crippen LogP contribution is 2.18. The number of hydrogen-bond donors (Lipinski definition) is 1. The Bertz CT molecular complexity index is 388. The summed E-state index contributed by atoms with van der Waals surface area (Å²) in [7, 11) is 5.95. The zero-order chi connectivity index (χ0) is 14.4. The van der Waals surface area contributed by atoms with Crippen LogP contribution >= 0.6 is 0 Å². The van der Waals surface area contributed by atoms with E-state index >= 15 is 0 Å². The van der Waals surface area contributed by atoms with Crippen LogP contribution in [0.15, 0.2) is 18.2 Å². The van der Waals surface area contributed by atoms with E-state index in [1.165, 1.54) is 11.1 Å². The minimum Gasteiger partial charge on any atom is -0.496 e. The Hall–Kier alpha value is -1.06. The monoisotopic (exact) mass is 264 g/mol. The van der Waals surface area contributed by atoms with E-state index in [4.69, 9.17) is 4.74 Å². The largest absolute Gasteiger partial charge is 0.496 e.